The van der Waals surface area contributed by atoms with Gasteiger partial charge in [0, 0.05) is 23.7 Å². The van der Waals surface area contributed by atoms with Gasteiger partial charge in [0.05, 0.1) is 0 Å². The van der Waals surface area contributed by atoms with Crippen molar-refractivity contribution in [3.8, 4) is 5.75 Å². The number of benzene rings is 1. The molecule has 2 rings (SSSR count). The number of nitrogens with one attached hydrogen (secondary N) is 1. The average Bonchev–Trinajstić information content (AvgIpc) is 2.81. The first-order valence-electron chi connectivity index (χ1n) is 6.60. The molecule has 0 amide bonds. The first-order chi connectivity index (χ1) is 9.54. The first-order valence-corrected chi connectivity index (χ1v) is 7.48. The van der Waals surface area contributed by atoms with Crippen molar-refractivity contribution in [3.63, 3.8) is 0 Å². The monoisotopic (exact) mass is 294 g/mol. The maximum Gasteiger partial charge on any atom is 0.165 e. The van der Waals surface area contributed by atoms with Crippen LogP contribution in [0, 0.1) is 12.7 Å². The van der Waals surface area contributed by atoms with Crippen LogP contribution in [0.1, 0.15) is 30.1 Å². The third kappa shape index (κ3) is 4.28. The molecule has 0 saturated carbocycles. The van der Waals surface area contributed by atoms with E-state index in [0.717, 1.165) is 16.3 Å². The van der Waals surface area contributed by atoms with E-state index in [4.69, 9.17) is 4.74 Å². The van der Waals surface area contributed by atoms with Crippen LogP contribution >= 0.6 is 11.3 Å². The highest BCUT2D eigenvalue weighted by Crippen LogP contribution is 2.20. The lowest BCUT2D eigenvalue weighted by Gasteiger charge is -2.10. The van der Waals surface area contributed by atoms with E-state index in [0.29, 0.717) is 19.2 Å². The van der Waals surface area contributed by atoms with E-state index in [1.165, 1.54) is 17.4 Å². The number of aromatic nitrogens is 1. The zero-order valence-electron chi connectivity index (χ0n) is 11.9. The molecule has 2 aromatic rings. The lowest BCUT2D eigenvalue weighted by atomic mass is 10.2. The van der Waals surface area contributed by atoms with Crippen LogP contribution in [-0.2, 0) is 13.2 Å². The van der Waals surface area contributed by atoms with Gasteiger partial charge in [0.25, 0.3) is 0 Å². The topological polar surface area (TPSA) is 34.1 Å². The largest absolute Gasteiger partial charge is 0.483 e. The number of rotatable bonds is 6. The van der Waals surface area contributed by atoms with E-state index in [9.17, 15) is 4.39 Å². The fourth-order valence-electron chi connectivity index (χ4n) is 1.70. The zero-order valence-corrected chi connectivity index (χ0v) is 12.8. The molecule has 20 heavy (non-hydrogen) atoms. The minimum atomic E-state index is -0.332. The highest BCUT2D eigenvalue weighted by Gasteiger charge is 2.07. The van der Waals surface area contributed by atoms with Gasteiger partial charge in [0.15, 0.2) is 11.6 Å². The molecule has 3 nitrogen and oxygen atoms in total. The summed E-state index contributed by atoms with van der Waals surface area (Å²) in [5, 5.41) is 6.06. The van der Waals surface area contributed by atoms with Crippen LogP contribution in [0.5, 0.6) is 5.75 Å². The Morgan fingerprint density at radius 2 is 2.20 bits per heavy atom. The summed E-state index contributed by atoms with van der Waals surface area (Å²) in [6.07, 6.45) is 0. The molecule has 0 aliphatic rings. The molecule has 0 fully saturated rings. The van der Waals surface area contributed by atoms with Crippen LogP contribution in [0.15, 0.2) is 23.6 Å². The summed E-state index contributed by atoms with van der Waals surface area (Å²) in [5.41, 5.74) is 1.87. The molecule has 0 aliphatic heterocycles. The van der Waals surface area contributed by atoms with Crippen molar-refractivity contribution in [2.75, 3.05) is 0 Å². The van der Waals surface area contributed by atoms with Crippen molar-refractivity contribution < 1.29 is 9.13 Å². The number of aryl methyl sites for hydroxylation is 1. The Bertz CT molecular complexity index is 569. The first kappa shape index (κ1) is 14.9. The van der Waals surface area contributed by atoms with Crippen LogP contribution < -0.4 is 10.1 Å². The Morgan fingerprint density at radius 3 is 2.80 bits per heavy atom. The van der Waals surface area contributed by atoms with Crippen molar-refractivity contribution in [1.29, 1.82) is 0 Å². The zero-order chi connectivity index (χ0) is 14.5. The number of hydrogen-bond acceptors (Lipinski definition) is 4. The average molecular weight is 294 g/mol. The predicted octanol–water partition coefficient (Wildman–Crippen LogP) is 3.67. The van der Waals surface area contributed by atoms with Crippen LogP contribution in [0.3, 0.4) is 0 Å². The Kier molecular flexibility index (Phi) is 5.09. The van der Waals surface area contributed by atoms with Gasteiger partial charge >= 0.3 is 0 Å². The van der Waals surface area contributed by atoms with Crippen molar-refractivity contribution in [3.05, 3.63) is 45.7 Å². The van der Waals surface area contributed by atoms with Crippen molar-refractivity contribution in [2.24, 2.45) is 0 Å². The number of thiazole rings is 1. The van der Waals surface area contributed by atoms with E-state index in [2.05, 4.69) is 24.1 Å². The van der Waals surface area contributed by atoms with Gasteiger partial charge in [-0.05, 0) is 24.6 Å². The molecule has 1 aromatic carbocycles. The minimum Gasteiger partial charge on any atom is -0.483 e. The van der Waals surface area contributed by atoms with Gasteiger partial charge in [-0.15, -0.1) is 11.3 Å². The minimum absolute atomic E-state index is 0.270. The van der Waals surface area contributed by atoms with Gasteiger partial charge < -0.3 is 10.1 Å². The summed E-state index contributed by atoms with van der Waals surface area (Å²) in [6.45, 7) is 7.00. The van der Waals surface area contributed by atoms with E-state index in [1.54, 1.807) is 6.07 Å². The molecule has 1 heterocycles. The van der Waals surface area contributed by atoms with E-state index in [1.807, 2.05) is 18.4 Å². The number of halogens is 1. The van der Waals surface area contributed by atoms with Gasteiger partial charge in [-0.1, -0.05) is 19.9 Å². The third-order valence-corrected chi connectivity index (χ3v) is 3.67. The summed E-state index contributed by atoms with van der Waals surface area (Å²) < 4.78 is 19.4. The van der Waals surface area contributed by atoms with Crippen molar-refractivity contribution in [2.45, 2.75) is 40.0 Å². The quantitative estimate of drug-likeness (QED) is 0.882. The molecule has 1 N–H and O–H groups in total. The Morgan fingerprint density at radius 1 is 1.40 bits per heavy atom. The maximum atomic E-state index is 13.9. The molecule has 0 radical (unpaired) electrons. The fraction of sp³-hybridized carbons (Fsp3) is 0.400. The molecular formula is C15H19FN2OS. The van der Waals surface area contributed by atoms with Crippen molar-refractivity contribution >= 4 is 11.3 Å². The summed E-state index contributed by atoms with van der Waals surface area (Å²) in [6, 6.07) is 5.44. The molecule has 108 valence electrons. The second kappa shape index (κ2) is 6.81. The highest BCUT2D eigenvalue weighted by molar-refractivity contribution is 7.09. The van der Waals surface area contributed by atoms with Crippen LogP contribution in [0.2, 0.25) is 0 Å². The highest BCUT2D eigenvalue weighted by atomic mass is 32.1. The van der Waals surface area contributed by atoms with Gasteiger partial charge in [-0.25, -0.2) is 9.37 Å². The number of ether oxygens (including phenoxy) is 1. The standard InChI is InChI=1S/C15H19FN2OS/c1-10(2)17-7-12-4-5-14(13(16)6-12)19-8-15-18-11(3)9-20-15/h4-6,9-10,17H,7-8H2,1-3H3. The van der Waals surface area contributed by atoms with Crippen LogP contribution in [-0.4, -0.2) is 11.0 Å². The smallest absolute Gasteiger partial charge is 0.165 e. The van der Waals surface area contributed by atoms with Gasteiger partial charge in [-0.2, -0.15) is 0 Å². The Balaban J connectivity index is 1.95. The van der Waals surface area contributed by atoms with Gasteiger partial charge in [0.1, 0.15) is 11.6 Å². The molecule has 1 aromatic heterocycles. The molecule has 0 bridgehead atoms. The summed E-state index contributed by atoms with van der Waals surface area (Å²) >= 11 is 1.52. The summed E-state index contributed by atoms with van der Waals surface area (Å²) in [7, 11) is 0. The van der Waals surface area contributed by atoms with Crippen LogP contribution in [0.25, 0.3) is 0 Å². The van der Waals surface area contributed by atoms with Crippen LogP contribution in [0.4, 0.5) is 4.39 Å². The normalized spacial score (nSPS) is 11.1. The fourth-order valence-corrected chi connectivity index (χ4v) is 2.38. The molecule has 0 aliphatic carbocycles. The molecule has 0 spiro atoms. The summed E-state index contributed by atoms with van der Waals surface area (Å²) in [4.78, 5) is 4.28. The molecule has 0 unspecified atom stereocenters. The third-order valence-electron chi connectivity index (χ3n) is 2.73. The van der Waals surface area contributed by atoms with E-state index >= 15 is 0 Å². The Hall–Kier alpha value is -1.46. The van der Waals surface area contributed by atoms with Crippen molar-refractivity contribution in [1.82, 2.24) is 10.3 Å². The van der Waals surface area contributed by atoms with E-state index < -0.39 is 0 Å². The van der Waals surface area contributed by atoms with Gasteiger partial charge in [-0.3, -0.25) is 0 Å². The molecule has 5 heteroatoms. The molecule has 0 saturated heterocycles. The maximum absolute atomic E-state index is 13.9. The molecular weight excluding hydrogens is 275 g/mol. The summed E-state index contributed by atoms with van der Waals surface area (Å²) in [5.74, 6) is -0.0625. The lowest BCUT2D eigenvalue weighted by Crippen LogP contribution is -2.21. The second-order valence-corrected chi connectivity index (χ2v) is 5.91. The SMILES string of the molecule is Cc1csc(COc2ccc(CNC(C)C)cc2F)n1. The number of hydrogen-bond donors (Lipinski definition) is 1. The second-order valence-electron chi connectivity index (χ2n) is 4.97. The van der Waals surface area contributed by atoms with E-state index in [-0.39, 0.29) is 11.6 Å². The number of nitrogens with zero attached hydrogens (tertiary/aromatic N) is 1. The lowest BCUT2D eigenvalue weighted by molar-refractivity contribution is 0.289. The van der Waals surface area contributed by atoms with Gasteiger partial charge in [0.2, 0.25) is 0 Å². The molecule has 0 atom stereocenters. The predicted molar refractivity (Wildman–Crippen MR) is 79.6 cm³/mol. The Labute approximate surface area is 122 Å².